The van der Waals surface area contributed by atoms with E-state index in [9.17, 15) is 9.59 Å². The first-order chi connectivity index (χ1) is 28.6. The van der Waals surface area contributed by atoms with E-state index in [4.69, 9.17) is 27.9 Å². The number of anilines is 1. The number of nitrogens with zero attached hydrogens (tertiary/aromatic N) is 11. The Balaban J connectivity index is 0.897. The molecule has 59 heavy (non-hydrogen) atoms. The number of benzene rings is 1. The number of aromatic amines is 1. The molecule has 17 heteroatoms. The fraction of sp³-hybridized carbons (Fsp3) is 0.524. The van der Waals surface area contributed by atoms with Crippen LogP contribution in [0.1, 0.15) is 66.2 Å². The van der Waals surface area contributed by atoms with Gasteiger partial charge in [-0.05, 0) is 80.0 Å². The maximum absolute atomic E-state index is 14.1. The first-order valence-corrected chi connectivity index (χ1v) is 21.4. The summed E-state index contributed by atoms with van der Waals surface area (Å²) in [5.74, 6) is 2.73. The highest BCUT2D eigenvalue weighted by Crippen LogP contribution is 2.53. The van der Waals surface area contributed by atoms with Crippen molar-refractivity contribution in [1.29, 1.82) is 0 Å². The highest BCUT2D eigenvalue weighted by Gasteiger charge is 2.49. The lowest BCUT2D eigenvalue weighted by molar-refractivity contribution is -0.133. The molecule has 8 rings (SSSR count). The van der Waals surface area contributed by atoms with Gasteiger partial charge in [0.1, 0.15) is 17.9 Å². The monoisotopic (exact) mass is 842 g/mol. The molecule has 1 amide bonds. The molecule has 1 N–H and O–H groups in total. The Kier molecular flexibility index (Phi) is 12.7. The number of rotatable bonds is 16. The number of piperazine rings is 1. The van der Waals surface area contributed by atoms with Gasteiger partial charge in [0, 0.05) is 89.4 Å². The summed E-state index contributed by atoms with van der Waals surface area (Å²) < 4.78 is 9.81. The van der Waals surface area contributed by atoms with Crippen LogP contribution in [0, 0.1) is 23.7 Å². The van der Waals surface area contributed by atoms with Crippen LogP contribution in [0.5, 0.6) is 0 Å². The van der Waals surface area contributed by atoms with E-state index in [2.05, 4.69) is 59.1 Å². The maximum Gasteiger partial charge on any atom is 0.244 e. The van der Waals surface area contributed by atoms with Gasteiger partial charge < -0.3 is 19.1 Å². The molecule has 1 saturated carbocycles. The maximum atomic E-state index is 14.1. The standard InChI is InChI=1S/C42H52Cl2N12O3/c1-27(2)10-19-59-25-32-29-4-6-35-38(7-5-30(29)32)56(51-50-35)24-40(57)55(23-28-22-52(3)26-46-28)18-15-53-13-16-54(17-14-53)39-21-34(44)33(43)20-31(39)41(58)36-8-11-45-42(48-36)37-9-12-47-49-37/h8-9,11-12,20-22,26-27,29-30,32H,4-7,10,13-19,23-25H2,1-3H3,(H,47,49). The molecule has 2 fully saturated rings. The zero-order valence-corrected chi connectivity index (χ0v) is 35.4. The van der Waals surface area contributed by atoms with Gasteiger partial charge in [-0.25, -0.2) is 19.6 Å². The van der Waals surface area contributed by atoms with Crippen LogP contribution in [0.3, 0.4) is 0 Å². The Morgan fingerprint density at radius 2 is 1.81 bits per heavy atom. The highest BCUT2D eigenvalue weighted by atomic mass is 35.5. The molecule has 0 bridgehead atoms. The predicted molar refractivity (Wildman–Crippen MR) is 224 cm³/mol. The molecule has 0 spiro atoms. The van der Waals surface area contributed by atoms with E-state index in [1.54, 1.807) is 43.0 Å². The third-order valence-corrected chi connectivity index (χ3v) is 12.8. The largest absolute Gasteiger partial charge is 0.381 e. The van der Waals surface area contributed by atoms with Gasteiger partial charge >= 0.3 is 0 Å². The molecule has 5 heterocycles. The number of nitrogens with one attached hydrogen (secondary N) is 1. The first kappa shape index (κ1) is 41.1. The Labute approximate surface area is 354 Å². The molecule has 3 unspecified atom stereocenters. The van der Waals surface area contributed by atoms with Crippen molar-refractivity contribution in [3.63, 3.8) is 0 Å². The van der Waals surface area contributed by atoms with Crippen LogP contribution in [0.4, 0.5) is 5.69 Å². The number of imidazole rings is 1. The zero-order valence-electron chi connectivity index (χ0n) is 33.9. The lowest BCUT2D eigenvalue weighted by atomic mass is 10.0. The van der Waals surface area contributed by atoms with Gasteiger partial charge in [-0.1, -0.05) is 42.3 Å². The smallest absolute Gasteiger partial charge is 0.244 e. The van der Waals surface area contributed by atoms with Crippen molar-refractivity contribution in [3.8, 4) is 11.5 Å². The molecular weight excluding hydrogens is 791 g/mol. The van der Waals surface area contributed by atoms with E-state index >= 15 is 0 Å². The van der Waals surface area contributed by atoms with E-state index < -0.39 is 0 Å². The fourth-order valence-corrected chi connectivity index (χ4v) is 8.91. The second kappa shape index (κ2) is 18.3. The van der Waals surface area contributed by atoms with Gasteiger partial charge in [-0.2, -0.15) is 5.10 Å². The Hall–Kier alpha value is -4.70. The second-order valence-electron chi connectivity index (χ2n) is 16.5. The van der Waals surface area contributed by atoms with E-state index in [1.807, 2.05) is 27.4 Å². The van der Waals surface area contributed by atoms with Crippen molar-refractivity contribution in [3.05, 3.63) is 87.6 Å². The summed E-state index contributed by atoms with van der Waals surface area (Å²) in [7, 11) is 1.93. The van der Waals surface area contributed by atoms with Crippen molar-refractivity contribution in [2.45, 2.75) is 59.0 Å². The quantitative estimate of drug-likeness (QED) is 0.101. The van der Waals surface area contributed by atoms with Gasteiger partial charge in [0.15, 0.2) is 5.82 Å². The van der Waals surface area contributed by atoms with Crippen LogP contribution >= 0.6 is 23.2 Å². The lowest BCUT2D eigenvalue weighted by Gasteiger charge is -2.37. The van der Waals surface area contributed by atoms with E-state index in [0.29, 0.717) is 89.2 Å². The third-order valence-electron chi connectivity index (χ3n) is 12.1. The van der Waals surface area contributed by atoms with Crippen molar-refractivity contribution in [1.82, 2.24) is 54.5 Å². The molecular formula is C42H52Cl2N12O3. The number of hydrogen-bond donors (Lipinski definition) is 1. The highest BCUT2D eigenvalue weighted by molar-refractivity contribution is 6.42. The topological polar surface area (TPSA) is 156 Å². The zero-order chi connectivity index (χ0) is 41.0. The SMILES string of the molecule is CC(C)CCOCC1C2CCc3nnn(CC(=O)N(CCN4CCN(c5cc(Cl)c(Cl)cc5C(=O)c5ccnc(-c6ccn[nH]6)n5)CC4)Cc4cn(C)cn4)c3CCC21. The van der Waals surface area contributed by atoms with Gasteiger partial charge in [0.2, 0.25) is 11.7 Å². The summed E-state index contributed by atoms with van der Waals surface area (Å²) in [4.78, 5) is 47.8. The number of carbonyl (C=O) groups is 2. The Morgan fingerprint density at radius 1 is 1.02 bits per heavy atom. The minimum Gasteiger partial charge on any atom is -0.381 e. The summed E-state index contributed by atoms with van der Waals surface area (Å²) in [6.07, 6.45) is 11.9. The molecule has 1 aliphatic heterocycles. The van der Waals surface area contributed by atoms with E-state index in [1.165, 1.54) is 0 Å². The van der Waals surface area contributed by atoms with Crippen LogP contribution in [0.2, 0.25) is 10.0 Å². The molecule has 3 atom stereocenters. The average Bonchev–Trinajstić information content (AvgIpc) is 3.68. The molecule has 2 aliphatic carbocycles. The number of halogens is 2. The minimum atomic E-state index is -0.282. The van der Waals surface area contributed by atoms with Crippen LogP contribution in [-0.2, 0) is 42.5 Å². The lowest BCUT2D eigenvalue weighted by Crippen LogP contribution is -2.49. The number of H-pyrrole nitrogens is 1. The third kappa shape index (κ3) is 9.69. The van der Waals surface area contributed by atoms with E-state index in [0.717, 1.165) is 75.5 Å². The average molecular weight is 844 g/mol. The molecule has 1 saturated heterocycles. The van der Waals surface area contributed by atoms with Gasteiger partial charge in [-0.3, -0.25) is 19.6 Å². The second-order valence-corrected chi connectivity index (χ2v) is 17.3. The van der Waals surface area contributed by atoms with Crippen molar-refractivity contribution >= 4 is 40.6 Å². The van der Waals surface area contributed by atoms with Crippen molar-refractivity contribution in [2.24, 2.45) is 30.7 Å². The predicted octanol–water partition coefficient (Wildman–Crippen LogP) is 5.38. The molecule has 312 valence electrons. The van der Waals surface area contributed by atoms with Crippen LogP contribution < -0.4 is 4.90 Å². The van der Waals surface area contributed by atoms with Crippen LogP contribution in [0.15, 0.2) is 49.2 Å². The number of hydrogen-bond acceptors (Lipinski definition) is 11. The number of ether oxygens (including phenoxy) is 1. The fourth-order valence-electron chi connectivity index (χ4n) is 8.59. The van der Waals surface area contributed by atoms with Gasteiger partial charge in [0.25, 0.3) is 0 Å². The molecule has 5 aromatic rings. The molecule has 4 aromatic heterocycles. The number of ketones is 1. The van der Waals surface area contributed by atoms with Gasteiger partial charge in [0.05, 0.1) is 40.0 Å². The van der Waals surface area contributed by atoms with Crippen molar-refractivity contribution in [2.75, 3.05) is 57.4 Å². The van der Waals surface area contributed by atoms with Crippen molar-refractivity contribution < 1.29 is 14.3 Å². The van der Waals surface area contributed by atoms with Gasteiger partial charge in [-0.15, -0.1) is 5.10 Å². The number of fused-ring (bicyclic) bond motifs is 2. The molecule has 3 aliphatic rings. The molecule has 15 nitrogen and oxygen atoms in total. The summed E-state index contributed by atoms with van der Waals surface area (Å²) in [5.41, 5.74) is 4.91. The summed E-state index contributed by atoms with van der Waals surface area (Å²) in [5, 5.41) is 16.6. The van der Waals surface area contributed by atoms with Crippen LogP contribution in [-0.4, -0.2) is 119 Å². The summed E-state index contributed by atoms with van der Waals surface area (Å²) >= 11 is 13.0. The number of aromatic nitrogens is 9. The number of aryl methyl sites for hydroxylation is 2. The molecule has 0 radical (unpaired) electrons. The Bertz CT molecular complexity index is 2230. The minimum absolute atomic E-state index is 0.0101. The summed E-state index contributed by atoms with van der Waals surface area (Å²) in [6.45, 7) is 10.6. The molecule has 1 aromatic carbocycles. The Morgan fingerprint density at radius 3 is 2.56 bits per heavy atom. The number of amides is 1. The van der Waals surface area contributed by atoms with Crippen LogP contribution in [0.25, 0.3) is 11.5 Å². The summed E-state index contributed by atoms with van der Waals surface area (Å²) in [6, 6.07) is 6.71. The first-order valence-electron chi connectivity index (χ1n) is 20.7. The van der Waals surface area contributed by atoms with E-state index in [-0.39, 0.29) is 23.9 Å². The normalized spacial score (nSPS) is 19.3. The number of carbonyl (C=O) groups excluding carboxylic acids is 2.